The molecule has 0 heterocycles. The molecule has 0 spiro atoms. The normalized spacial score (nSPS) is 11.3. The fourth-order valence-corrected chi connectivity index (χ4v) is 3.23. The van der Waals surface area contributed by atoms with E-state index in [0.29, 0.717) is 12.2 Å². The van der Waals surface area contributed by atoms with Gasteiger partial charge in [-0.15, -0.1) is 0 Å². The van der Waals surface area contributed by atoms with E-state index >= 15 is 0 Å². The Hall–Kier alpha value is -3.46. The SMILES string of the molecule is CCOC(=O)c1ccc(N=Cc2c3ccccc3cc3ccccc23)cc1. The lowest BCUT2D eigenvalue weighted by atomic mass is 9.97. The van der Waals surface area contributed by atoms with E-state index in [0.717, 1.165) is 11.3 Å². The van der Waals surface area contributed by atoms with Gasteiger partial charge < -0.3 is 4.74 Å². The van der Waals surface area contributed by atoms with E-state index in [1.807, 2.05) is 42.6 Å². The Kier molecular flexibility index (Phi) is 4.67. The van der Waals surface area contributed by atoms with E-state index in [-0.39, 0.29) is 5.97 Å². The third kappa shape index (κ3) is 3.44. The Bertz CT molecular complexity index is 1090. The number of nitrogens with zero attached hydrogens (tertiary/aromatic N) is 1. The number of hydrogen-bond acceptors (Lipinski definition) is 3. The van der Waals surface area contributed by atoms with Gasteiger partial charge in [0.2, 0.25) is 0 Å². The molecule has 0 saturated carbocycles. The molecule has 0 N–H and O–H groups in total. The molecule has 4 aromatic carbocycles. The van der Waals surface area contributed by atoms with Crippen molar-refractivity contribution < 1.29 is 9.53 Å². The van der Waals surface area contributed by atoms with Crippen LogP contribution < -0.4 is 0 Å². The number of benzene rings is 4. The summed E-state index contributed by atoms with van der Waals surface area (Å²) in [6.07, 6.45) is 1.91. The molecule has 0 saturated heterocycles. The van der Waals surface area contributed by atoms with Crippen LogP contribution in [0.15, 0.2) is 83.9 Å². The van der Waals surface area contributed by atoms with Crippen LogP contribution in [0, 0.1) is 0 Å². The van der Waals surface area contributed by atoms with E-state index in [1.54, 1.807) is 19.1 Å². The van der Waals surface area contributed by atoms with E-state index < -0.39 is 0 Å². The Morgan fingerprint density at radius 2 is 1.48 bits per heavy atom. The first-order valence-electron chi connectivity index (χ1n) is 8.98. The van der Waals surface area contributed by atoms with Crippen LogP contribution in [0.25, 0.3) is 21.5 Å². The van der Waals surface area contributed by atoms with Crippen molar-refractivity contribution in [1.82, 2.24) is 0 Å². The molecule has 0 radical (unpaired) electrons. The highest BCUT2D eigenvalue weighted by atomic mass is 16.5. The van der Waals surface area contributed by atoms with Crippen LogP contribution >= 0.6 is 0 Å². The van der Waals surface area contributed by atoms with Gasteiger partial charge in [-0.25, -0.2) is 4.79 Å². The number of carbonyl (C=O) groups excluding carboxylic acids is 1. The second-order valence-electron chi connectivity index (χ2n) is 6.26. The van der Waals surface area contributed by atoms with Gasteiger partial charge in [-0.3, -0.25) is 4.99 Å². The molecular weight excluding hydrogens is 334 g/mol. The third-order valence-electron chi connectivity index (χ3n) is 4.53. The number of rotatable bonds is 4. The molecule has 4 aromatic rings. The molecule has 132 valence electrons. The zero-order chi connectivity index (χ0) is 18.6. The number of aliphatic imine (C=N–C) groups is 1. The summed E-state index contributed by atoms with van der Waals surface area (Å²) < 4.78 is 5.02. The number of fused-ring (bicyclic) bond motifs is 2. The highest BCUT2D eigenvalue weighted by Gasteiger charge is 2.07. The lowest BCUT2D eigenvalue weighted by Gasteiger charge is -2.08. The highest BCUT2D eigenvalue weighted by Crippen LogP contribution is 2.27. The van der Waals surface area contributed by atoms with Crippen LogP contribution in [0.2, 0.25) is 0 Å². The molecule has 4 rings (SSSR count). The highest BCUT2D eigenvalue weighted by molar-refractivity contribution is 6.13. The summed E-state index contributed by atoms with van der Waals surface area (Å²) in [4.78, 5) is 16.4. The quantitative estimate of drug-likeness (QED) is 0.259. The second-order valence-corrected chi connectivity index (χ2v) is 6.26. The fourth-order valence-electron chi connectivity index (χ4n) is 3.23. The largest absolute Gasteiger partial charge is 0.462 e. The Labute approximate surface area is 157 Å². The number of carbonyl (C=O) groups is 1. The molecule has 0 unspecified atom stereocenters. The van der Waals surface area contributed by atoms with Gasteiger partial charge in [-0.1, -0.05) is 48.5 Å². The summed E-state index contributed by atoms with van der Waals surface area (Å²) in [5.41, 5.74) is 2.42. The minimum Gasteiger partial charge on any atom is -0.462 e. The van der Waals surface area contributed by atoms with Gasteiger partial charge in [0.1, 0.15) is 0 Å². The van der Waals surface area contributed by atoms with Crippen molar-refractivity contribution in [1.29, 1.82) is 0 Å². The van der Waals surface area contributed by atoms with Crippen molar-refractivity contribution in [3.63, 3.8) is 0 Å². The summed E-state index contributed by atoms with van der Waals surface area (Å²) in [5.74, 6) is -0.312. The molecule has 0 amide bonds. The summed E-state index contributed by atoms with van der Waals surface area (Å²) in [5, 5.41) is 4.72. The van der Waals surface area contributed by atoms with Crippen molar-refractivity contribution >= 4 is 39.4 Å². The van der Waals surface area contributed by atoms with Crippen LogP contribution in [-0.2, 0) is 4.74 Å². The van der Waals surface area contributed by atoms with E-state index in [2.05, 4.69) is 35.3 Å². The van der Waals surface area contributed by atoms with Crippen LogP contribution in [0.5, 0.6) is 0 Å². The molecule has 0 aliphatic carbocycles. The maximum absolute atomic E-state index is 11.8. The number of hydrogen-bond donors (Lipinski definition) is 0. The van der Waals surface area contributed by atoms with Gasteiger partial charge in [0.05, 0.1) is 17.9 Å². The van der Waals surface area contributed by atoms with E-state index in [4.69, 9.17) is 4.74 Å². The lowest BCUT2D eigenvalue weighted by Crippen LogP contribution is -2.03. The summed E-state index contributed by atoms with van der Waals surface area (Å²) in [6, 6.07) is 26.0. The van der Waals surface area contributed by atoms with Crippen LogP contribution in [0.3, 0.4) is 0 Å². The molecule has 3 heteroatoms. The lowest BCUT2D eigenvalue weighted by molar-refractivity contribution is 0.0526. The van der Waals surface area contributed by atoms with E-state index in [1.165, 1.54) is 21.5 Å². The second kappa shape index (κ2) is 7.42. The van der Waals surface area contributed by atoms with Crippen LogP contribution in [0.1, 0.15) is 22.8 Å². The number of esters is 1. The van der Waals surface area contributed by atoms with Crippen molar-refractivity contribution in [2.45, 2.75) is 6.92 Å². The molecule has 27 heavy (non-hydrogen) atoms. The molecule has 0 bridgehead atoms. The average Bonchev–Trinajstić information content (AvgIpc) is 2.71. The minimum atomic E-state index is -0.312. The molecular formula is C24H19NO2. The summed E-state index contributed by atoms with van der Waals surface area (Å²) >= 11 is 0. The fraction of sp³-hybridized carbons (Fsp3) is 0.0833. The standard InChI is InChI=1S/C24H19NO2/c1-2-27-24(26)17-11-13-20(14-12-17)25-16-23-21-9-5-3-7-18(21)15-19-8-4-6-10-22(19)23/h3-16H,2H2,1H3. The first-order valence-corrected chi connectivity index (χ1v) is 8.98. The molecule has 0 aromatic heterocycles. The molecule has 0 fully saturated rings. The predicted octanol–water partition coefficient (Wildman–Crippen LogP) is 5.92. The topological polar surface area (TPSA) is 38.7 Å². The summed E-state index contributed by atoms with van der Waals surface area (Å²) in [7, 11) is 0. The van der Waals surface area contributed by atoms with Crippen molar-refractivity contribution in [3.8, 4) is 0 Å². The minimum absolute atomic E-state index is 0.312. The Morgan fingerprint density at radius 1 is 0.889 bits per heavy atom. The van der Waals surface area contributed by atoms with Gasteiger partial charge in [-0.2, -0.15) is 0 Å². The maximum Gasteiger partial charge on any atom is 0.338 e. The van der Waals surface area contributed by atoms with Crippen LogP contribution in [-0.4, -0.2) is 18.8 Å². The van der Waals surface area contributed by atoms with Gasteiger partial charge in [0.25, 0.3) is 0 Å². The maximum atomic E-state index is 11.8. The van der Waals surface area contributed by atoms with Gasteiger partial charge >= 0.3 is 5.97 Å². The average molecular weight is 353 g/mol. The van der Waals surface area contributed by atoms with Crippen molar-refractivity contribution in [2.24, 2.45) is 4.99 Å². The smallest absolute Gasteiger partial charge is 0.338 e. The third-order valence-corrected chi connectivity index (χ3v) is 4.53. The molecule has 0 atom stereocenters. The molecule has 3 nitrogen and oxygen atoms in total. The van der Waals surface area contributed by atoms with Gasteiger partial charge in [0, 0.05) is 11.8 Å². The zero-order valence-corrected chi connectivity index (χ0v) is 15.1. The first kappa shape index (κ1) is 17.0. The van der Waals surface area contributed by atoms with Crippen molar-refractivity contribution in [2.75, 3.05) is 6.61 Å². The monoisotopic (exact) mass is 353 g/mol. The Morgan fingerprint density at radius 3 is 2.07 bits per heavy atom. The molecule has 0 aliphatic heterocycles. The first-order chi connectivity index (χ1) is 13.3. The number of ether oxygens (including phenoxy) is 1. The summed E-state index contributed by atoms with van der Waals surface area (Å²) in [6.45, 7) is 2.16. The van der Waals surface area contributed by atoms with Gasteiger partial charge in [0.15, 0.2) is 0 Å². The Balaban J connectivity index is 1.75. The molecule has 0 aliphatic rings. The van der Waals surface area contributed by atoms with Gasteiger partial charge in [-0.05, 0) is 58.8 Å². The van der Waals surface area contributed by atoms with E-state index in [9.17, 15) is 4.79 Å². The van der Waals surface area contributed by atoms with Crippen molar-refractivity contribution in [3.05, 3.63) is 90.0 Å². The predicted molar refractivity (Wildman–Crippen MR) is 111 cm³/mol. The van der Waals surface area contributed by atoms with Crippen LogP contribution in [0.4, 0.5) is 5.69 Å². The zero-order valence-electron chi connectivity index (χ0n) is 15.1.